The normalized spacial score (nSPS) is 23.7. The number of carbonyl (C=O) groups is 2. The van der Waals surface area contributed by atoms with E-state index in [-0.39, 0.29) is 35.3 Å². The molecule has 2 aliphatic carbocycles. The Morgan fingerprint density at radius 2 is 1.84 bits per heavy atom. The van der Waals surface area contributed by atoms with Gasteiger partial charge in [0, 0.05) is 12.0 Å². The van der Waals surface area contributed by atoms with Crippen LogP contribution in [0.3, 0.4) is 0 Å². The van der Waals surface area contributed by atoms with Crippen molar-refractivity contribution >= 4 is 11.9 Å². The molecule has 4 N–H and O–H groups in total. The molecule has 0 spiro atoms. The molecule has 2 aliphatic rings. The first kappa shape index (κ1) is 26.3. The molecule has 9 nitrogen and oxygen atoms in total. The average Bonchev–Trinajstić information content (AvgIpc) is 3.57. The number of carboxylic acids is 2. The molecule has 1 heterocycles. The van der Waals surface area contributed by atoms with E-state index in [9.17, 15) is 28.6 Å². The summed E-state index contributed by atoms with van der Waals surface area (Å²) in [5.41, 5.74) is 3.85. The summed E-state index contributed by atoms with van der Waals surface area (Å²) in [5.74, 6) is -1.61. The number of nitrogens with zero attached hydrogens (tertiary/aromatic N) is 1. The third-order valence-corrected chi connectivity index (χ3v) is 6.49. The number of carboxylic acid groups (broad SMARTS) is 2. The van der Waals surface area contributed by atoms with E-state index in [1.807, 2.05) is 0 Å². The predicted molar refractivity (Wildman–Crippen MR) is 127 cm³/mol. The Morgan fingerprint density at radius 3 is 2.38 bits per heavy atom. The fraction of sp³-hybridized carbons (Fsp3) is 0.423. The van der Waals surface area contributed by atoms with Crippen LogP contribution in [0.15, 0.2) is 46.9 Å². The molecule has 198 valence electrons. The third-order valence-electron chi connectivity index (χ3n) is 6.49. The number of aliphatic carboxylic acids is 2. The Morgan fingerprint density at radius 1 is 1.16 bits per heavy atom. The molecule has 0 radical (unpaired) electrons. The number of benzene rings is 1. The summed E-state index contributed by atoms with van der Waals surface area (Å²) in [6, 6.07) is 3.65. The van der Waals surface area contributed by atoms with Gasteiger partial charge in [0.25, 0.3) is 0 Å². The van der Waals surface area contributed by atoms with Crippen LogP contribution < -0.4 is 15.2 Å². The smallest absolute Gasteiger partial charge is 0.387 e. The largest absolute Gasteiger partial charge is 0.489 e. The van der Waals surface area contributed by atoms with Gasteiger partial charge in [-0.2, -0.15) is 8.78 Å². The number of ether oxygens (including phenoxy) is 2. The number of hydrogen-bond donors (Lipinski definition) is 3. The maximum Gasteiger partial charge on any atom is 0.387 e. The monoisotopic (exact) mass is 518 g/mol. The van der Waals surface area contributed by atoms with Crippen LogP contribution in [0, 0.1) is 16.7 Å². The van der Waals surface area contributed by atoms with Crippen LogP contribution in [0.2, 0.25) is 0 Å². The second-order valence-electron chi connectivity index (χ2n) is 9.69. The Hall–Kier alpha value is -3.73. The molecular weight excluding hydrogens is 490 g/mol. The van der Waals surface area contributed by atoms with Gasteiger partial charge in [-0.1, -0.05) is 24.3 Å². The fourth-order valence-corrected chi connectivity index (χ4v) is 3.92. The van der Waals surface area contributed by atoms with Gasteiger partial charge in [0.05, 0.1) is 18.3 Å². The van der Waals surface area contributed by atoms with Gasteiger partial charge in [0.2, 0.25) is 5.89 Å². The molecule has 37 heavy (non-hydrogen) atoms. The van der Waals surface area contributed by atoms with Gasteiger partial charge in [-0.05, 0) is 50.8 Å². The summed E-state index contributed by atoms with van der Waals surface area (Å²) >= 11 is 0. The molecule has 0 amide bonds. The zero-order valence-electron chi connectivity index (χ0n) is 20.3. The zero-order valence-corrected chi connectivity index (χ0v) is 20.3. The molecule has 2 aromatic rings. The highest BCUT2D eigenvalue weighted by molar-refractivity contribution is 5.85. The molecule has 0 aliphatic heterocycles. The minimum atomic E-state index is -3.03. The van der Waals surface area contributed by atoms with E-state index in [1.54, 1.807) is 6.92 Å². The van der Waals surface area contributed by atoms with Crippen LogP contribution in [-0.4, -0.2) is 40.4 Å². The molecular formula is C26H28F2N2O7. The van der Waals surface area contributed by atoms with Gasteiger partial charge < -0.3 is 29.8 Å². The standard InChI is InChI=1S/C26H28F2N2O7/c1-14(29)20-17(12-26(23(33)34)9-7-25(2,8-10-26)22(31)32)30-21(37-20)16-5-6-18(36-24(27)28)19(11-16)35-13-15-3-4-15/h5-11,14-15,24H,3-4,12-13,29H2,1-2H3,(H,31,32)(H,33,34). The van der Waals surface area contributed by atoms with Gasteiger partial charge in [-0.25, -0.2) is 4.98 Å². The lowest BCUT2D eigenvalue weighted by Crippen LogP contribution is -2.35. The van der Waals surface area contributed by atoms with Crippen molar-refractivity contribution in [2.45, 2.75) is 45.8 Å². The Bertz CT molecular complexity index is 1230. The van der Waals surface area contributed by atoms with E-state index in [0.717, 1.165) is 12.8 Å². The first-order valence-corrected chi connectivity index (χ1v) is 11.8. The van der Waals surface area contributed by atoms with Crippen LogP contribution in [0.4, 0.5) is 8.78 Å². The molecule has 1 atom stereocenters. The maximum absolute atomic E-state index is 12.9. The van der Waals surface area contributed by atoms with Crippen LogP contribution in [0.25, 0.3) is 11.5 Å². The minimum absolute atomic E-state index is 0.0989. The minimum Gasteiger partial charge on any atom is -0.489 e. The van der Waals surface area contributed by atoms with E-state index < -0.39 is 35.4 Å². The van der Waals surface area contributed by atoms with Crippen molar-refractivity contribution in [2.24, 2.45) is 22.5 Å². The summed E-state index contributed by atoms with van der Waals surface area (Å²) in [5, 5.41) is 19.5. The highest BCUT2D eigenvalue weighted by atomic mass is 19.3. The van der Waals surface area contributed by atoms with Gasteiger partial charge in [0.15, 0.2) is 11.5 Å². The lowest BCUT2D eigenvalue weighted by atomic mass is 9.73. The zero-order chi connectivity index (χ0) is 27.0. The van der Waals surface area contributed by atoms with Crippen LogP contribution in [-0.2, 0) is 16.0 Å². The molecule has 0 saturated heterocycles. The molecule has 0 bridgehead atoms. The van der Waals surface area contributed by atoms with Crippen molar-refractivity contribution in [3.8, 4) is 23.0 Å². The number of nitrogens with two attached hydrogens (primary N) is 1. The fourth-order valence-electron chi connectivity index (χ4n) is 3.92. The Kier molecular flexibility index (Phi) is 7.09. The maximum atomic E-state index is 12.9. The van der Waals surface area contributed by atoms with Crippen LogP contribution in [0.5, 0.6) is 11.5 Å². The first-order chi connectivity index (χ1) is 17.4. The van der Waals surface area contributed by atoms with E-state index in [2.05, 4.69) is 9.72 Å². The van der Waals surface area contributed by atoms with E-state index >= 15 is 0 Å². The van der Waals surface area contributed by atoms with Crippen LogP contribution >= 0.6 is 0 Å². The lowest BCUT2D eigenvalue weighted by Gasteiger charge is -2.29. The summed E-state index contributed by atoms with van der Waals surface area (Å²) in [6.07, 6.45) is 7.20. The Balaban J connectivity index is 1.68. The van der Waals surface area contributed by atoms with Crippen molar-refractivity contribution in [2.75, 3.05) is 6.61 Å². The number of rotatable bonds is 11. The van der Waals surface area contributed by atoms with Crippen molar-refractivity contribution in [1.82, 2.24) is 4.98 Å². The highest BCUT2D eigenvalue weighted by Crippen LogP contribution is 2.40. The topological polar surface area (TPSA) is 145 Å². The number of oxazole rings is 1. The molecule has 1 saturated carbocycles. The number of aromatic nitrogens is 1. The predicted octanol–water partition coefficient (Wildman–Crippen LogP) is 4.58. The molecule has 1 fully saturated rings. The second kappa shape index (κ2) is 9.97. The van der Waals surface area contributed by atoms with Gasteiger partial charge >= 0.3 is 18.6 Å². The summed E-state index contributed by atoms with van der Waals surface area (Å²) in [4.78, 5) is 28.3. The van der Waals surface area contributed by atoms with E-state index in [1.165, 1.54) is 49.4 Å². The molecule has 4 rings (SSSR count). The SMILES string of the molecule is CC(N)c1oc(-c2ccc(OC(F)F)c(OCC3CC3)c2)nc1CC1(C(=O)O)C=CC(C)(C(=O)O)C=C1. The van der Waals surface area contributed by atoms with Crippen molar-refractivity contribution in [3.63, 3.8) is 0 Å². The molecule has 11 heteroatoms. The summed E-state index contributed by atoms with van der Waals surface area (Å²) in [6.45, 7) is 0.443. The quantitative estimate of drug-likeness (QED) is 0.364. The number of alkyl halides is 2. The molecule has 1 aromatic carbocycles. The summed E-state index contributed by atoms with van der Waals surface area (Å²) in [7, 11) is 0. The van der Waals surface area contributed by atoms with Gasteiger partial charge in [-0.3, -0.25) is 9.59 Å². The summed E-state index contributed by atoms with van der Waals surface area (Å²) < 4.78 is 42.0. The van der Waals surface area contributed by atoms with E-state index in [4.69, 9.17) is 14.9 Å². The van der Waals surface area contributed by atoms with Crippen LogP contribution in [0.1, 0.15) is 44.2 Å². The number of halogens is 2. The highest BCUT2D eigenvalue weighted by Gasteiger charge is 2.42. The second-order valence-corrected chi connectivity index (χ2v) is 9.69. The molecule has 1 unspecified atom stereocenters. The van der Waals surface area contributed by atoms with Gasteiger partial charge in [0.1, 0.15) is 16.6 Å². The molecule has 1 aromatic heterocycles. The third kappa shape index (κ3) is 5.66. The average molecular weight is 519 g/mol. The van der Waals surface area contributed by atoms with Crippen molar-refractivity contribution < 1.29 is 42.5 Å². The number of hydrogen-bond acceptors (Lipinski definition) is 7. The van der Waals surface area contributed by atoms with Crippen molar-refractivity contribution in [1.29, 1.82) is 0 Å². The first-order valence-electron chi connectivity index (χ1n) is 11.8. The van der Waals surface area contributed by atoms with Crippen molar-refractivity contribution in [3.05, 3.63) is 54.0 Å². The van der Waals surface area contributed by atoms with E-state index in [0.29, 0.717) is 18.1 Å². The Labute approximate surface area is 211 Å². The van der Waals surface area contributed by atoms with Gasteiger partial charge in [-0.15, -0.1) is 0 Å². The lowest BCUT2D eigenvalue weighted by molar-refractivity contribution is -0.145.